The zero-order valence-electron chi connectivity index (χ0n) is 54.8. The number of hydrogen-bond acceptors (Lipinski definition) is 0. The molecule has 1 atom stereocenters. The summed E-state index contributed by atoms with van der Waals surface area (Å²) >= 11 is 0. The lowest BCUT2D eigenvalue weighted by Gasteiger charge is -2.37. The Kier molecular flexibility index (Phi) is 12.6. The lowest BCUT2D eigenvalue weighted by atomic mass is 9.66. The second kappa shape index (κ2) is 22.4. The lowest BCUT2D eigenvalue weighted by Crippen LogP contribution is -2.22. The van der Waals surface area contributed by atoms with Crippen LogP contribution in [0.5, 0.6) is 0 Å². The molecular formula is C100H62. The van der Waals surface area contributed by atoms with E-state index in [-0.39, 0.29) is 5.92 Å². The maximum Gasteiger partial charge on any atom is 0.0354 e. The van der Waals surface area contributed by atoms with Crippen molar-refractivity contribution in [1.82, 2.24) is 0 Å². The molecule has 15 aromatic carbocycles. The highest BCUT2D eigenvalue weighted by Gasteiger charge is 2.44. The molecule has 0 bridgehead atoms. The van der Waals surface area contributed by atoms with Crippen molar-refractivity contribution >= 4 is 81.7 Å². The summed E-state index contributed by atoms with van der Waals surface area (Å²) in [5.41, 5.74) is 35.9. The van der Waals surface area contributed by atoms with E-state index >= 15 is 0 Å². The third kappa shape index (κ3) is 8.73. The molecule has 0 fully saturated rings. The summed E-state index contributed by atoms with van der Waals surface area (Å²) in [6, 6.07) is 117. The Labute approximate surface area is 581 Å². The highest BCUT2D eigenvalue weighted by atomic mass is 14.5. The van der Waals surface area contributed by atoms with Gasteiger partial charge in [0.05, 0.1) is 0 Å². The summed E-state index contributed by atoms with van der Waals surface area (Å²) in [5, 5.41) is 12.5. The smallest absolute Gasteiger partial charge is 0.0354 e. The molecule has 21 rings (SSSR count). The molecule has 0 heteroatoms. The molecule has 15 aromatic rings. The van der Waals surface area contributed by atoms with E-state index in [1.807, 2.05) is 0 Å². The van der Waals surface area contributed by atoms with E-state index in [4.69, 9.17) is 0 Å². The van der Waals surface area contributed by atoms with E-state index in [0.717, 1.165) is 17.5 Å². The molecular weight excluding hydrogens is 1200 g/mol. The summed E-state index contributed by atoms with van der Waals surface area (Å²) in [6.07, 6.45) is 20.3. The zero-order valence-corrected chi connectivity index (χ0v) is 54.8. The van der Waals surface area contributed by atoms with Crippen LogP contribution < -0.4 is 0 Å². The molecule has 0 radical (unpaired) electrons. The van der Waals surface area contributed by atoms with Crippen LogP contribution in [0.1, 0.15) is 34.2 Å². The minimum absolute atomic E-state index is 0.0817. The molecule has 0 amide bonds. The fraction of sp³-hybridized carbons (Fsp3) is 0.0200. The maximum atomic E-state index is 2.64. The van der Waals surface area contributed by atoms with Crippen LogP contribution in [0, 0.1) is 5.92 Å². The molecule has 0 heterocycles. The van der Waals surface area contributed by atoms with E-state index in [2.05, 4.69) is 358 Å². The van der Waals surface area contributed by atoms with Gasteiger partial charge in [-0.15, -0.1) is 0 Å². The van der Waals surface area contributed by atoms with Crippen molar-refractivity contribution in [2.24, 2.45) is 5.92 Å². The zero-order chi connectivity index (χ0) is 65.5. The summed E-state index contributed by atoms with van der Waals surface area (Å²) in [6.45, 7) is 0. The molecule has 6 aliphatic carbocycles. The molecule has 1 unspecified atom stereocenters. The quantitative estimate of drug-likeness (QED) is 0.120. The van der Waals surface area contributed by atoms with Crippen LogP contribution in [0.2, 0.25) is 0 Å². The third-order valence-corrected chi connectivity index (χ3v) is 22.2. The standard InChI is InChI=1S/C100H62/c1-5-21-63(22-6-1)79-49-47-75(57-85(79)65-25-9-3-10-26-65)87-59-89-90(60-88(87)76-48-50-80(64-23-7-2-8-24-64)86(58-76)66-27-11-4-12-28-66)99-98(84-54-46-72-40-38-68-32-18-34-70-44-52-82(84)94(72)92(68)70)95(77-41-35-61-19-13-15-29-73(61)55-77)96(78-42-36-62-20-14-16-30-74(62)56-78)100(99)97(89)83-53-45-71-39-37-67-31-17-33-69-43-51-81(83)93(71)91(67)69/h1-30,32-60,93H,31H2. The van der Waals surface area contributed by atoms with Gasteiger partial charge in [-0.05, 0) is 258 Å². The predicted octanol–water partition coefficient (Wildman–Crippen LogP) is 26.4. The minimum atomic E-state index is 0.0817. The van der Waals surface area contributed by atoms with Crippen LogP contribution in [0.25, 0.3) is 148 Å². The van der Waals surface area contributed by atoms with Crippen LogP contribution in [-0.2, 0) is 0 Å². The van der Waals surface area contributed by atoms with Crippen LogP contribution in [-0.4, -0.2) is 0 Å². The monoisotopic (exact) mass is 1260 g/mol. The highest BCUT2D eigenvalue weighted by molar-refractivity contribution is 6.42. The lowest BCUT2D eigenvalue weighted by molar-refractivity contribution is 0.826. The van der Waals surface area contributed by atoms with Crippen molar-refractivity contribution in [3.8, 4) is 66.8 Å². The number of rotatable bonds is 10. The summed E-state index contributed by atoms with van der Waals surface area (Å²) in [4.78, 5) is 0. The van der Waals surface area contributed by atoms with Crippen molar-refractivity contribution in [1.29, 1.82) is 0 Å². The maximum absolute atomic E-state index is 2.64. The van der Waals surface area contributed by atoms with Crippen molar-refractivity contribution < 1.29 is 0 Å². The first-order valence-electron chi connectivity index (χ1n) is 35.1. The molecule has 462 valence electrons. The second-order valence-electron chi connectivity index (χ2n) is 27.6. The van der Waals surface area contributed by atoms with Gasteiger partial charge in [0.25, 0.3) is 0 Å². The van der Waals surface area contributed by atoms with E-state index in [1.54, 1.807) is 0 Å². The normalized spacial score (nSPS) is 15.9. The van der Waals surface area contributed by atoms with Gasteiger partial charge < -0.3 is 0 Å². The summed E-state index contributed by atoms with van der Waals surface area (Å²) in [7, 11) is 0. The van der Waals surface area contributed by atoms with Crippen molar-refractivity contribution in [3.05, 3.63) is 425 Å². The van der Waals surface area contributed by atoms with E-state index < -0.39 is 0 Å². The van der Waals surface area contributed by atoms with Gasteiger partial charge >= 0.3 is 0 Å². The van der Waals surface area contributed by atoms with Crippen molar-refractivity contribution in [3.63, 3.8) is 0 Å². The van der Waals surface area contributed by atoms with Gasteiger partial charge in [0.15, 0.2) is 0 Å². The van der Waals surface area contributed by atoms with Crippen LogP contribution in [0.15, 0.2) is 397 Å². The Hall–Kier alpha value is -12.7. The van der Waals surface area contributed by atoms with E-state index in [9.17, 15) is 0 Å². The molecule has 0 N–H and O–H groups in total. The van der Waals surface area contributed by atoms with Gasteiger partial charge in [0, 0.05) is 5.92 Å². The fourth-order valence-corrected chi connectivity index (χ4v) is 17.7. The average molecular weight is 1260 g/mol. The van der Waals surface area contributed by atoms with Gasteiger partial charge in [-0.1, -0.05) is 322 Å². The molecule has 100 heavy (non-hydrogen) atoms. The first-order valence-corrected chi connectivity index (χ1v) is 35.1. The molecule has 0 spiro atoms. The first kappa shape index (κ1) is 56.4. The fourth-order valence-electron chi connectivity index (χ4n) is 17.7. The number of fused-ring (bicyclic) bond motifs is 5. The van der Waals surface area contributed by atoms with Gasteiger partial charge in [-0.2, -0.15) is 0 Å². The number of hydrogen-bond donors (Lipinski definition) is 0. The van der Waals surface area contributed by atoms with Crippen LogP contribution in [0.4, 0.5) is 0 Å². The van der Waals surface area contributed by atoms with Gasteiger partial charge in [0.2, 0.25) is 0 Å². The highest BCUT2D eigenvalue weighted by Crippen LogP contribution is 2.65. The molecule has 0 aromatic heterocycles. The van der Waals surface area contributed by atoms with Crippen molar-refractivity contribution in [2.45, 2.75) is 6.42 Å². The summed E-state index contributed by atoms with van der Waals surface area (Å²) in [5.74, 6) is 0.0817. The van der Waals surface area contributed by atoms with E-state index in [0.29, 0.717) is 0 Å². The Bertz CT molecular complexity index is 6390. The van der Waals surface area contributed by atoms with Crippen LogP contribution >= 0.6 is 0 Å². The minimum Gasteiger partial charge on any atom is -0.0795 e. The van der Waals surface area contributed by atoms with Gasteiger partial charge in [-0.3, -0.25) is 0 Å². The molecule has 0 saturated carbocycles. The summed E-state index contributed by atoms with van der Waals surface area (Å²) < 4.78 is 0. The number of allylic oxidation sites excluding steroid dienone is 20. The predicted molar refractivity (Wildman–Crippen MR) is 423 cm³/mol. The SMILES string of the molecule is C1=CC2=C3C(=CC=C4C=CC(C5=C6C(c7ccc8ccccc8c7)=C(c7ccc8ccccc8c7)C(c7ccc8ccc9cccc%10ccc7c8c9%10)=C6c6cc(-c7ccc(-c8ccccc8)c(-c8ccccc8)c7)c(-c7ccc(-c8ccccc8)c(-c8ccccc8)c7)cc65)=C(C=C2)C43)C1. The first-order chi connectivity index (χ1) is 49.6. The van der Waals surface area contributed by atoms with E-state index in [1.165, 1.54) is 204 Å². The molecule has 0 aliphatic heterocycles. The van der Waals surface area contributed by atoms with Gasteiger partial charge in [-0.25, -0.2) is 0 Å². The van der Waals surface area contributed by atoms with Crippen LogP contribution in [0.3, 0.4) is 0 Å². The van der Waals surface area contributed by atoms with Crippen molar-refractivity contribution in [2.75, 3.05) is 0 Å². The topological polar surface area (TPSA) is 0 Å². The Morgan fingerprint density at radius 3 is 1.28 bits per heavy atom. The number of benzene rings is 15. The third-order valence-electron chi connectivity index (χ3n) is 22.2. The molecule has 6 aliphatic rings. The Morgan fingerprint density at radius 1 is 0.240 bits per heavy atom. The average Bonchev–Trinajstić information content (AvgIpc) is 1.51. The molecule has 0 saturated heterocycles. The van der Waals surface area contributed by atoms with Gasteiger partial charge in [0.1, 0.15) is 0 Å². The second-order valence-corrected chi connectivity index (χ2v) is 27.6. The Balaban J connectivity index is 0.949. The molecule has 0 nitrogen and oxygen atoms in total. The largest absolute Gasteiger partial charge is 0.0795 e. The Morgan fingerprint density at radius 2 is 0.690 bits per heavy atom.